The van der Waals surface area contributed by atoms with Crippen molar-refractivity contribution in [2.45, 2.75) is 45.3 Å². The van der Waals surface area contributed by atoms with Gasteiger partial charge in [-0.3, -0.25) is 0 Å². The maximum absolute atomic E-state index is 5.99. The lowest BCUT2D eigenvalue weighted by Gasteiger charge is -2.18. The monoisotopic (exact) mass is 245 g/mol. The largest absolute Gasteiger partial charge is 0.486 e. The summed E-state index contributed by atoms with van der Waals surface area (Å²) in [7, 11) is 0. The van der Waals surface area contributed by atoms with E-state index in [0.717, 1.165) is 25.3 Å². The summed E-state index contributed by atoms with van der Waals surface area (Å²) < 4.78 is 5.99. The predicted molar refractivity (Wildman–Crippen MR) is 75.8 cm³/mol. The maximum Gasteiger partial charge on any atom is 0.120 e. The van der Waals surface area contributed by atoms with Gasteiger partial charge in [0.2, 0.25) is 0 Å². The molecule has 0 amide bonds. The molecule has 0 saturated heterocycles. The van der Waals surface area contributed by atoms with E-state index in [1.807, 2.05) is 6.07 Å². The summed E-state index contributed by atoms with van der Waals surface area (Å²) in [6.45, 7) is 4.17. The van der Waals surface area contributed by atoms with Crippen LogP contribution in [-0.4, -0.2) is 12.6 Å². The van der Waals surface area contributed by atoms with Gasteiger partial charge in [-0.1, -0.05) is 25.1 Å². The van der Waals surface area contributed by atoms with Crippen LogP contribution in [0.3, 0.4) is 0 Å². The number of benzene rings is 1. The van der Waals surface area contributed by atoms with E-state index in [9.17, 15) is 0 Å². The molecule has 1 N–H and O–H groups in total. The van der Waals surface area contributed by atoms with Gasteiger partial charge in [-0.15, -0.1) is 0 Å². The number of allylic oxidation sites excluding steroid dienone is 1. The lowest BCUT2D eigenvalue weighted by atomic mass is 10.1. The van der Waals surface area contributed by atoms with Crippen molar-refractivity contribution in [3.05, 3.63) is 42.0 Å². The zero-order valence-corrected chi connectivity index (χ0v) is 11.2. The minimum absolute atomic E-state index is 0.262. The van der Waals surface area contributed by atoms with Gasteiger partial charge in [0, 0.05) is 6.54 Å². The van der Waals surface area contributed by atoms with E-state index in [1.165, 1.54) is 24.8 Å². The van der Waals surface area contributed by atoms with Crippen molar-refractivity contribution in [3.8, 4) is 5.75 Å². The molecule has 98 valence electrons. The van der Waals surface area contributed by atoms with Gasteiger partial charge < -0.3 is 10.1 Å². The topological polar surface area (TPSA) is 21.3 Å². The molecule has 0 radical (unpaired) electrons. The van der Waals surface area contributed by atoms with Gasteiger partial charge >= 0.3 is 0 Å². The van der Waals surface area contributed by atoms with Gasteiger partial charge in [0.15, 0.2) is 0 Å². The van der Waals surface area contributed by atoms with Crippen LogP contribution in [0.15, 0.2) is 36.4 Å². The fraction of sp³-hybridized carbons (Fsp3) is 0.500. The first-order valence-corrected chi connectivity index (χ1v) is 7.01. The van der Waals surface area contributed by atoms with Crippen molar-refractivity contribution < 1.29 is 4.74 Å². The van der Waals surface area contributed by atoms with Crippen LogP contribution in [0.2, 0.25) is 0 Å². The molecule has 2 rings (SSSR count). The highest BCUT2D eigenvalue weighted by Gasteiger charge is 2.09. The number of ether oxygens (including phenoxy) is 1. The van der Waals surface area contributed by atoms with Gasteiger partial charge in [-0.2, -0.15) is 0 Å². The third-order valence-electron chi connectivity index (χ3n) is 3.15. The van der Waals surface area contributed by atoms with Crippen LogP contribution in [-0.2, 0) is 6.54 Å². The number of hydrogen-bond donors (Lipinski definition) is 1. The second-order valence-corrected chi connectivity index (χ2v) is 4.84. The molecule has 1 aliphatic rings. The Bertz CT molecular complexity index is 386. The van der Waals surface area contributed by atoms with Gasteiger partial charge in [-0.25, -0.2) is 0 Å². The minimum atomic E-state index is 0.262. The highest BCUT2D eigenvalue weighted by Crippen LogP contribution is 2.20. The Kier molecular flexibility index (Phi) is 5.28. The SMILES string of the molecule is CCCNCc1cccc(OC2C=CCCC2)c1. The summed E-state index contributed by atoms with van der Waals surface area (Å²) >= 11 is 0. The normalized spacial score (nSPS) is 18.8. The average molecular weight is 245 g/mol. The van der Waals surface area contributed by atoms with Crippen LogP contribution in [0.25, 0.3) is 0 Å². The standard InChI is InChI=1S/C16H23NO/c1-2-11-17-13-14-7-6-10-16(12-14)18-15-8-4-3-5-9-15/h4,6-8,10,12,15,17H,2-3,5,9,11,13H2,1H3. The predicted octanol–water partition coefficient (Wildman–Crippen LogP) is 3.67. The van der Waals surface area contributed by atoms with E-state index in [1.54, 1.807) is 0 Å². The number of nitrogens with one attached hydrogen (secondary N) is 1. The third kappa shape index (κ3) is 4.19. The zero-order valence-electron chi connectivity index (χ0n) is 11.2. The van der Waals surface area contributed by atoms with Gasteiger partial charge in [0.25, 0.3) is 0 Å². The molecule has 0 heterocycles. The molecule has 18 heavy (non-hydrogen) atoms. The molecule has 1 aromatic rings. The van der Waals surface area contributed by atoms with Crippen molar-refractivity contribution in [2.75, 3.05) is 6.54 Å². The molecule has 2 nitrogen and oxygen atoms in total. The molecule has 0 aromatic heterocycles. The molecule has 1 aliphatic carbocycles. The molecule has 0 aliphatic heterocycles. The summed E-state index contributed by atoms with van der Waals surface area (Å²) in [5.41, 5.74) is 1.29. The molecule has 2 heteroatoms. The van der Waals surface area contributed by atoms with Gasteiger partial charge in [0.1, 0.15) is 11.9 Å². The average Bonchev–Trinajstić information content (AvgIpc) is 2.41. The summed E-state index contributed by atoms with van der Waals surface area (Å²) in [6.07, 6.45) is 9.40. The first-order valence-electron chi connectivity index (χ1n) is 7.01. The molecule has 1 atom stereocenters. The Morgan fingerprint density at radius 3 is 3.11 bits per heavy atom. The van der Waals surface area contributed by atoms with E-state index in [4.69, 9.17) is 4.74 Å². The Morgan fingerprint density at radius 1 is 1.39 bits per heavy atom. The first kappa shape index (κ1) is 13.2. The Labute approximate surface area is 110 Å². The third-order valence-corrected chi connectivity index (χ3v) is 3.15. The molecule has 0 bridgehead atoms. The number of rotatable bonds is 6. The van der Waals surface area contributed by atoms with Crippen LogP contribution >= 0.6 is 0 Å². The van der Waals surface area contributed by atoms with Crippen LogP contribution < -0.4 is 10.1 Å². The summed E-state index contributed by atoms with van der Waals surface area (Å²) in [5, 5.41) is 3.41. The van der Waals surface area contributed by atoms with E-state index >= 15 is 0 Å². The molecule has 1 unspecified atom stereocenters. The maximum atomic E-state index is 5.99. The minimum Gasteiger partial charge on any atom is -0.486 e. The molecule has 1 aromatic carbocycles. The highest BCUT2D eigenvalue weighted by atomic mass is 16.5. The van der Waals surface area contributed by atoms with Crippen LogP contribution in [0.5, 0.6) is 5.75 Å². The van der Waals surface area contributed by atoms with Crippen LogP contribution in [0.1, 0.15) is 38.2 Å². The molecular formula is C16H23NO. The first-order chi connectivity index (χ1) is 8.88. The lowest BCUT2D eigenvalue weighted by Crippen LogP contribution is -2.16. The van der Waals surface area contributed by atoms with E-state index in [2.05, 4.69) is 42.6 Å². The Balaban J connectivity index is 1.89. The lowest BCUT2D eigenvalue weighted by molar-refractivity contribution is 0.229. The number of hydrogen-bond acceptors (Lipinski definition) is 2. The van der Waals surface area contributed by atoms with Crippen molar-refractivity contribution >= 4 is 0 Å². The van der Waals surface area contributed by atoms with Gasteiger partial charge in [0.05, 0.1) is 0 Å². The van der Waals surface area contributed by atoms with Crippen molar-refractivity contribution in [2.24, 2.45) is 0 Å². The Hall–Kier alpha value is -1.28. The second kappa shape index (κ2) is 7.22. The van der Waals surface area contributed by atoms with E-state index in [0.29, 0.717) is 0 Å². The van der Waals surface area contributed by atoms with Gasteiger partial charge in [-0.05, 0) is 56.0 Å². The molecular weight excluding hydrogens is 222 g/mol. The summed E-state index contributed by atoms with van der Waals surface area (Å²) in [6, 6.07) is 8.41. The highest BCUT2D eigenvalue weighted by molar-refractivity contribution is 5.29. The van der Waals surface area contributed by atoms with Crippen LogP contribution in [0.4, 0.5) is 0 Å². The van der Waals surface area contributed by atoms with Crippen molar-refractivity contribution in [3.63, 3.8) is 0 Å². The van der Waals surface area contributed by atoms with E-state index in [-0.39, 0.29) is 6.10 Å². The van der Waals surface area contributed by atoms with Crippen molar-refractivity contribution in [1.82, 2.24) is 5.32 Å². The molecule has 0 fully saturated rings. The Morgan fingerprint density at radius 2 is 2.33 bits per heavy atom. The summed E-state index contributed by atoms with van der Waals surface area (Å²) in [5.74, 6) is 0.988. The van der Waals surface area contributed by atoms with Crippen molar-refractivity contribution in [1.29, 1.82) is 0 Å². The molecule has 0 spiro atoms. The second-order valence-electron chi connectivity index (χ2n) is 4.84. The fourth-order valence-electron chi connectivity index (χ4n) is 2.19. The smallest absolute Gasteiger partial charge is 0.120 e. The van der Waals surface area contributed by atoms with Crippen LogP contribution in [0, 0.1) is 0 Å². The summed E-state index contributed by atoms with van der Waals surface area (Å²) in [4.78, 5) is 0. The quantitative estimate of drug-likeness (QED) is 0.610. The fourth-order valence-corrected chi connectivity index (χ4v) is 2.19. The zero-order chi connectivity index (χ0) is 12.6. The molecule has 0 saturated carbocycles. The van der Waals surface area contributed by atoms with E-state index < -0.39 is 0 Å².